The maximum absolute atomic E-state index is 12.8. The van der Waals surface area contributed by atoms with Crippen LogP contribution in [0.1, 0.15) is 23.1 Å². The molecule has 0 aliphatic rings. The zero-order chi connectivity index (χ0) is 18.5. The molecule has 7 heteroatoms. The number of hydrogen-bond acceptors (Lipinski definition) is 5. The average molecular weight is 354 g/mol. The Morgan fingerprint density at radius 2 is 1.92 bits per heavy atom. The smallest absolute Gasteiger partial charge is 0.272 e. The SMILES string of the molecule is CCOc1ccccc1OCCN(C)C(=O)c1c(C)nc2ncccn12. The zero-order valence-corrected chi connectivity index (χ0v) is 15.2. The predicted octanol–water partition coefficient (Wildman–Crippen LogP) is 2.59. The monoisotopic (exact) mass is 354 g/mol. The van der Waals surface area contributed by atoms with E-state index in [4.69, 9.17) is 9.47 Å². The molecule has 26 heavy (non-hydrogen) atoms. The van der Waals surface area contributed by atoms with Gasteiger partial charge in [0.2, 0.25) is 5.78 Å². The predicted molar refractivity (Wildman–Crippen MR) is 97.8 cm³/mol. The van der Waals surface area contributed by atoms with Crippen molar-refractivity contribution >= 4 is 11.7 Å². The minimum atomic E-state index is -0.121. The molecule has 7 nitrogen and oxygen atoms in total. The number of ether oxygens (including phenoxy) is 2. The molecule has 2 heterocycles. The van der Waals surface area contributed by atoms with E-state index in [1.807, 2.05) is 38.1 Å². The lowest BCUT2D eigenvalue weighted by Crippen LogP contribution is -2.32. The van der Waals surface area contributed by atoms with Crippen LogP contribution < -0.4 is 9.47 Å². The molecule has 0 unspecified atom stereocenters. The number of aryl methyl sites for hydroxylation is 1. The number of carbonyl (C=O) groups excluding carboxylic acids is 1. The number of amides is 1. The van der Waals surface area contributed by atoms with Gasteiger partial charge >= 0.3 is 0 Å². The summed E-state index contributed by atoms with van der Waals surface area (Å²) in [4.78, 5) is 22.9. The van der Waals surface area contributed by atoms with Gasteiger partial charge in [0.05, 0.1) is 18.8 Å². The van der Waals surface area contributed by atoms with Crippen LogP contribution >= 0.6 is 0 Å². The van der Waals surface area contributed by atoms with Crippen molar-refractivity contribution in [3.63, 3.8) is 0 Å². The minimum Gasteiger partial charge on any atom is -0.490 e. The first-order valence-electron chi connectivity index (χ1n) is 8.51. The van der Waals surface area contributed by atoms with Gasteiger partial charge in [-0.1, -0.05) is 12.1 Å². The highest BCUT2D eigenvalue weighted by Gasteiger charge is 2.20. The summed E-state index contributed by atoms with van der Waals surface area (Å²) in [7, 11) is 1.75. The van der Waals surface area contributed by atoms with Crippen molar-refractivity contribution in [2.45, 2.75) is 13.8 Å². The van der Waals surface area contributed by atoms with E-state index in [0.717, 1.165) is 0 Å². The molecule has 136 valence electrons. The summed E-state index contributed by atoms with van der Waals surface area (Å²) in [5, 5.41) is 0. The number of fused-ring (bicyclic) bond motifs is 1. The van der Waals surface area contributed by atoms with E-state index in [9.17, 15) is 4.79 Å². The molecule has 0 saturated carbocycles. The second-order valence-corrected chi connectivity index (χ2v) is 5.79. The van der Waals surface area contributed by atoms with Crippen LogP contribution in [0.2, 0.25) is 0 Å². The summed E-state index contributed by atoms with van der Waals surface area (Å²) in [5.41, 5.74) is 1.17. The second-order valence-electron chi connectivity index (χ2n) is 5.79. The van der Waals surface area contributed by atoms with E-state index >= 15 is 0 Å². The Morgan fingerprint density at radius 1 is 1.19 bits per heavy atom. The summed E-state index contributed by atoms with van der Waals surface area (Å²) < 4.78 is 13.0. The fraction of sp³-hybridized carbons (Fsp3) is 0.316. The highest BCUT2D eigenvalue weighted by Crippen LogP contribution is 2.26. The van der Waals surface area contributed by atoms with E-state index in [-0.39, 0.29) is 5.91 Å². The van der Waals surface area contributed by atoms with Gasteiger partial charge in [0.25, 0.3) is 5.91 Å². The summed E-state index contributed by atoms with van der Waals surface area (Å²) in [6.45, 7) is 5.10. The molecule has 2 aromatic heterocycles. The van der Waals surface area contributed by atoms with E-state index in [1.165, 1.54) is 0 Å². The van der Waals surface area contributed by atoms with E-state index in [2.05, 4.69) is 9.97 Å². The van der Waals surface area contributed by atoms with E-state index < -0.39 is 0 Å². The van der Waals surface area contributed by atoms with Gasteiger partial charge in [-0.3, -0.25) is 9.20 Å². The standard InChI is InChI=1S/C19H22N4O3/c1-4-25-15-8-5-6-9-16(15)26-13-12-22(3)18(24)17-14(2)21-19-20-10-7-11-23(17)19/h5-11H,4,12-13H2,1-3H3. The number of likely N-dealkylation sites (N-methyl/N-ethyl adjacent to an activating group) is 1. The Labute approximate surface area is 152 Å². The first kappa shape index (κ1) is 17.7. The van der Waals surface area contributed by atoms with Crippen molar-refractivity contribution in [1.29, 1.82) is 0 Å². The Balaban J connectivity index is 1.66. The fourth-order valence-electron chi connectivity index (χ4n) is 2.67. The van der Waals surface area contributed by atoms with Gasteiger partial charge in [-0.05, 0) is 32.0 Å². The highest BCUT2D eigenvalue weighted by molar-refractivity contribution is 5.94. The molecule has 0 spiro atoms. The summed E-state index contributed by atoms with van der Waals surface area (Å²) in [6, 6.07) is 9.28. The van der Waals surface area contributed by atoms with Crippen molar-refractivity contribution in [3.8, 4) is 11.5 Å². The van der Waals surface area contributed by atoms with Crippen molar-refractivity contribution in [2.75, 3.05) is 26.8 Å². The normalized spacial score (nSPS) is 10.7. The van der Waals surface area contributed by atoms with E-state index in [1.54, 1.807) is 34.8 Å². The van der Waals surface area contributed by atoms with E-state index in [0.29, 0.717) is 48.4 Å². The summed E-state index contributed by atoms with van der Waals surface area (Å²) in [6.07, 6.45) is 3.45. The number of aromatic nitrogens is 3. The lowest BCUT2D eigenvalue weighted by atomic mass is 10.3. The van der Waals surface area contributed by atoms with Crippen LogP contribution in [0.15, 0.2) is 42.7 Å². The molecular weight excluding hydrogens is 332 g/mol. The van der Waals surface area contributed by atoms with Gasteiger partial charge in [0, 0.05) is 19.4 Å². The van der Waals surface area contributed by atoms with Crippen molar-refractivity contribution in [1.82, 2.24) is 19.3 Å². The van der Waals surface area contributed by atoms with Crippen LogP contribution in [-0.4, -0.2) is 52.0 Å². The van der Waals surface area contributed by atoms with Gasteiger partial charge in [0.15, 0.2) is 11.5 Å². The van der Waals surface area contributed by atoms with Gasteiger partial charge in [-0.2, -0.15) is 0 Å². The molecule has 0 aliphatic heterocycles. The second kappa shape index (κ2) is 7.86. The molecule has 0 aliphatic carbocycles. The van der Waals surface area contributed by atoms with Crippen molar-refractivity contribution in [3.05, 3.63) is 54.1 Å². The molecule has 3 rings (SSSR count). The molecule has 0 fully saturated rings. The number of hydrogen-bond donors (Lipinski definition) is 0. The zero-order valence-electron chi connectivity index (χ0n) is 15.2. The molecule has 1 aromatic carbocycles. The van der Waals surface area contributed by atoms with Crippen LogP contribution in [0.3, 0.4) is 0 Å². The average Bonchev–Trinajstić information content (AvgIpc) is 2.98. The number of imidazole rings is 1. The number of nitrogens with zero attached hydrogens (tertiary/aromatic N) is 4. The van der Waals surface area contributed by atoms with Gasteiger partial charge < -0.3 is 14.4 Å². The molecule has 0 radical (unpaired) electrons. The van der Waals surface area contributed by atoms with Gasteiger partial charge in [0.1, 0.15) is 12.3 Å². The maximum Gasteiger partial charge on any atom is 0.272 e. The van der Waals surface area contributed by atoms with Crippen molar-refractivity contribution < 1.29 is 14.3 Å². The number of para-hydroxylation sites is 2. The molecule has 3 aromatic rings. The molecular formula is C19H22N4O3. The van der Waals surface area contributed by atoms with Crippen LogP contribution in [0.4, 0.5) is 0 Å². The topological polar surface area (TPSA) is 69.0 Å². The molecule has 0 atom stereocenters. The maximum atomic E-state index is 12.8. The summed E-state index contributed by atoms with van der Waals surface area (Å²) >= 11 is 0. The lowest BCUT2D eigenvalue weighted by Gasteiger charge is -2.18. The molecule has 0 bridgehead atoms. The third kappa shape index (κ3) is 3.61. The molecule has 0 N–H and O–H groups in total. The largest absolute Gasteiger partial charge is 0.490 e. The number of rotatable bonds is 7. The number of benzene rings is 1. The Bertz CT molecular complexity index is 907. The first-order valence-corrected chi connectivity index (χ1v) is 8.51. The van der Waals surface area contributed by atoms with Crippen LogP contribution in [-0.2, 0) is 0 Å². The first-order chi connectivity index (χ1) is 12.6. The quantitative estimate of drug-likeness (QED) is 0.652. The minimum absolute atomic E-state index is 0.121. The van der Waals surface area contributed by atoms with Crippen molar-refractivity contribution in [2.24, 2.45) is 0 Å². The third-order valence-electron chi connectivity index (χ3n) is 3.96. The molecule has 0 saturated heterocycles. The Kier molecular flexibility index (Phi) is 5.36. The number of carbonyl (C=O) groups is 1. The van der Waals surface area contributed by atoms with Gasteiger partial charge in [-0.15, -0.1) is 0 Å². The van der Waals surface area contributed by atoms with Crippen LogP contribution in [0.5, 0.6) is 11.5 Å². The summed E-state index contributed by atoms with van der Waals surface area (Å²) in [5.74, 6) is 1.77. The van der Waals surface area contributed by atoms with Gasteiger partial charge in [-0.25, -0.2) is 9.97 Å². The molecule has 1 amide bonds. The Morgan fingerprint density at radius 3 is 2.65 bits per heavy atom. The third-order valence-corrected chi connectivity index (χ3v) is 3.96. The van der Waals surface area contributed by atoms with Crippen LogP contribution in [0.25, 0.3) is 5.78 Å². The van der Waals surface area contributed by atoms with Crippen LogP contribution in [0, 0.1) is 6.92 Å². The fourth-order valence-corrected chi connectivity index (χ4v) is 2.67. The Hall–Kier alpha value is -3.09. The highest BCUT2D eigenvalue weighted by atomic mass is 16.5. The lowest BCUT2D eigenvalue weighted by molar-refractivity contribution is 0.0765.